The van der Waals surface area contributed by atoms with E-state index in [2.05, 4.69) is 22.1 Å². The van der Waals surface area contributed by atoms with Crippen LogP contribution >= 0.6 is 0 Å². The second-order valence-electron chi connectivity index (χ2n) is 4.29. The Hall–Kier alpha value is -1.33. The van der Waals surface area contributed by atoms with E-state index in [0.717, 1.165) is 37.8 Å². The molecule has 3 N–H and O–H groups in total. The van der Waals surface area contributed by atoms with Crippen LogP contribution in [-0.4, -0.2) is 43.9 Å². The maximum atomic E-state index is 5.56. The lowest BCUT2D eigenvalue weighted by Crippen LogP contribution is -2.36. The van der Waals surface area contributed by atoms with Crippen LogP contribution in [0.3, 0.4) is 0 Å². The first kappa shape index (κ1) is 12.1. The van der Waals surface area contributed by atoms with Gasteiger partial charge in [0, 0.05) is 25.7 Å². The number of hydrogen-bond acceptors (Lipinski definition) is 5. The molecule has 0 spiro atoms. The van der Waals surface area contributed by atoms with Gasteiger partial charge in [-0.1, -0.05) is 0 Å². The molecule has 0 radical (unpaired) electrons. The van der Waals surface area contributed by atoms with Crippen molar-refractivity contribution in [3.63, 3.8) is 0 Å². The molecular formula is C12H20N4O. The predicted molar refractivity (Wildman–Crippen MR) is 69.4 cm³/mol. The first-order valence-corrected chi connectivity index (χ1v) is 6.05. The normalized spacial score (nSPS) is 17.9. The molecule has 17 heavy (non-hydrogen) atoms. The Labute approximate surface area is 102 Å². The van der Waals surface area contributed by atoms with Gasteiger partial charge in [-0.3, -0.25) is 0 Å². The van der Waals surface area contributed by atoms with Crippen LogP contribution in [0.4, 0.5) is 11.5 Å². The van der Waals surface area contributed by atoms with Gasteiger partial charge >= 0.3 is 0 Å². The van der Waals surface area contributed by atoms with Crippen molar-refractivity contribution in [2.24, 2.45) is 5.73 Å². The van der Waals surface area contributed by atoms with E-state index in [9.17, 15) is 0 Å². The molecule has 1 aromatic heterocycles. The number of aromatic nitrogens is 1. The number of anilines is 2. The Bertz CT molecular complexity index is 335. The number of ether oxygens (including phenoxy) is 1. The van der Waals surface area contributed by atoms with Crippen LogP contribution in [0.1, 0.15) is 6.92 Å². The highest BCUT2D eigenvalue weighted by atomic mass is 16.5. The summed E-state index contributed by atoms with van der Waals surface area (Å²) in [5, 5.41) is 3.29. The Morgan fingerprint density at radius 1 is 1.47 bits per heavy atom. The molecule has 1 unspecified atom stereocenters. The van der Waals surface area contributed by atoms with Crippen LogP contribution in [0.5, 0.6) is 0 Å². The Balaban J connectivity index is 1.97. The number of rotatable bonds is 4. The zero-order valence-electron chi connectivity index (χ0n) is 10.2. The minimum Gasteiger partial charge on any atom is -0.380 e. The number of nitrogens with zero attached hydrogens (tertiary/aromatic N) is 2. The zero-order valence-corrected chi connectivity index (χ0v) is 10.2. The molecule has 1 saturated heterocycles. The monoisotopic (exact) mass is 236 g/mol. The van der Waals surface area contributed by atoms with Gasteiger partial charge in [-0.05, 0) is 19.1 Å². The predicted octanol–water partition coefficient (Wildman–Crippen LogP) is 0.677. The fraction of sp³-hybridized carbons (Fsp3) is 0.583. The fourth-order valence-corrected chi connectivity index (χ4v) is 1.79. The number of nitrogens with one attached hydrogen (secondary N) is 1. The van der Waals surface area contributed by atoms with Crippen molar-refractivity contribution in [1.29, 1.82) is 0 Å². The highest BCUT2D eigenvalue weighted by Gasteiger charge is 2.11. The van der Waals surface area contributed by atoms with Gasteiger partial charge in [0.1, 0.15) is 5.82 Å². The third-order valence-corrected chi connectivity index (χ3v) is 2.85. The number of morpholine rings is 1. The van der Waals surface area contributed by atoms with Crippen LogP contribution < -0.4 is 16.0 Å². The molecule has 0 aliphatic carbocycles. The van der Waals surface area contributed by atoms with Crippen LogP contribution in [0.2, 0.25) is 0 Å². The second-order valence-corrected chi connectivity index (χ2v) is 4.29. The van der Waals surface area contributed by atoms with E-state index in [0.29, 0.717) is 6.54 Å². The second kappa shape index (κ2) is 5.84. The van der Waals surface area contributed by atoms with Crippen molar-refractivity contribution in [1.82, 2.24) is 4.98 Å². The van der Waals surface area contributed by atoms with E-state index in [-0.39, 0.29) is 6.04 Å². The van der Waals surface area contributed by atoms with Crippen molar-refractivity contribution in [2.75, 3.05) is 43.1 Å². The maximum Gasteiger partial charge on any atom is 0.128 e. The van der Waals surface area contributed by atoms with Crippen molar-refractivity contribution in [2.45, 2.75) is 13.0 Å². The number of pyridine rings is 1. The highest BCUT2D eigenvalue weighted by molar-refractivity contribution is 5.49. The highest BCUT2D eigenvalue weighted by Crippen LogP contribution is 2.15. The van der Waals surface area contributed by atoms with Crippen molar-refractivity contribution in [3.05, 3.63) is 18.3 Å². The largest absolute Gasteiger partial charge is 0.380 e. The van der Waals surface area contributed by atoms with Gasteiger partial charge in [0.2, 0.25) is 0 Å². The van der Waals surface area contributed by atoms with Gasteiger partial charge in [-0.15, -0.1) is 0 Å². The van der Waals surface area contributed by atoms with Gasteiger partial charge in [0.25, 0.3) is 0 Å². The summed E-state index contributed by atoms with van der Waals surface area (Å²) in [6.45, 7) is 6.07. The summed E-state index contributed by atoms with van der Waals surface area (Å²) in [4.78, 5) is 6.69. The Morgan fingerprint density at radius 2 is 2.24 bits per heavy atom. The summed E-state index contributed by atoms with van der Waals surface area (Å²) in [5.74, 6) is 1.01. The summed E-state index contributed by atoms with van der Waals surface area (Å²) in [6.07, 6.45) is 1.86. The number of hydrogen-bond donors (Lipinski definition) is 2. The first-order chi connectivity index (χ1) is 8.29. The summed E-state index contributed by atoms with van der Waals surface area (Å²) < 4.78 is 5.32. The van der Waals surface area contributed by atoms with Gasteiger partial charge in [0.05, 0.1) is 25.1 Å². The lowest BCUT2D eigenvalue weighted by Gasteiger charge is -2.27. The molecule has 0 amide bonds. The average molecular weight is 236 g/mol. The minimum absolute atomic E-state index is 0.269. The maximum absolute atomic E-state index is 5.56. The smallest absolute Gasteiger partial charge is 0.128 e. The van der Waals surface area contributed by atoms with Gasteiger partial charge in [-0.2, -0.15) is 0 Å². The Kier molecular flexibility index (Phi) is 4.17. The molecule has 1 aliphatic heterocycles. The fourth-order valence-electron chi connectivity index (χ4n) is 1.79. The molecule has 94 valence electrons. The first-order valence-electron chi connectivity index (χ1n) is 6.05. The van der Waals surface area contributed by atoms with E-state index in [1.54, 1.807) is 0 Å². The van der Waals surface area contributed by atoms with Crippen LogP contribution in [0.15, 0.2) is 18.3 Å². The molecule has 5 nitrogen and oxygen atoms in total. The summed E-state index contributed by atoms with van der Waals surface area (Å²) in [7, 11) is 0. The third-order valence-electron chi connectivity index (χ3n) is 2.85. The molecule has 0 aromatic carbocycles. The van der Waals surface area contributed by atoms with Crippen molar-refractivity contribution in [3.8, 4) is 0 Å². The van der Waals surface area contributed by atoms with Crippen LogP contribution in [-0.2, 0) is 4.74 Å². The molecule has 1 fully saturated rings. The van der Waals surface area contributed by atoms with E-state index in [1.165, 1.54) is 0 Å². The molecular weight excluding hydrogens is 216 g/mol. The quantitative estimate of drug-likeness (QED) is 0.805. The summed E-state index contributed by atoms with van der Waals surface area (Å²) in [6, 6.07) is 4.35. The van der Waals surface area contributed by atoms with E-state index in [1.807, 2.05) is 18.3 Å². The minimum atomic E-state index is 0.269. The van der Waals surface area contributed by atoms with Crippen LogP contribution in [0.25, 0.3) is 0 Å². The van der Waals surface area contributed by atoms with Gasteiger partial charge in [0.15, 0.2) is 0 Å². The van der Waals surface area contributed by atoms with Gasteiger partial charge < -0.3 is 20.7 Å². The van der Waals surface area contributed by atoms with E-state index >= 15 is 0 Å². The van der Waals surface area contributed by atoms with Gasteiger partial charge in [-0.25, -0.2) is 4.98 Å². The summed E-state index contributed by atoms with van der Waals surface area (Å²) >= 11 is 0. The zero-order chi connectivity index (χ0) is 12.1. The van der Waals surface area contributed by atoms with E-state index in [4.69, 9.17) is 10.5 Å². The van der Waals surface area contributed by atoms with E-state index < -0.39 is 0 Å². The lowest BCUT2D eigenvalue weighted by molar-refractivity contribution is 0.122. The molecule has 1 aromatic rings. The molecule has 2 heterocycles. The van der Waals surface area contributed by atoms with Crippen molar-refractivity contribution < 1.29 is 4.74 Å². The number of nitrogens with two attached hydrogens (primary N) is 1. The standard InChI is InChI=1S/C12H20N4O/c1-10(8-13)15-11-2-3-12(14-9-11)16-4-6-17-7-5-16/h2-3,9-10,15H,4-8,13H2,1H3. The molecule has 2 rings (SSSR count). The third kappa shape index (κ3) is 3.31. The average Bonchev–Trinajstić information content (AvgIpc) is 2.40. The topological polar surface area (TPSA) is 63.4 Å². The molecule has 0 bridgehead atoms. The van der Waals surface area contributed by atoms with Crippen LogP contribution in [0, 0.1) is 0 Å². The summed E-state index contributed by atoms with van der Waals surface area (Å²) in [5.41, 5.74) is 6.58. The molecule has 5 heteroatoms. The molecule has 1 aliphatic rings. The molecule has 0 saturated carbocycles. The Morgan fingerprint density at radius 3 is 2.82 bits per heavy atom. The lowest BCUT2D eigenvalue weighted by atomic mass is 10.3. The molecule has 1 atom stereocenters. The van der Waals surface area contributed by atoms with Crippen molar-refractivity contribution >= 4 is 11.5 Å². The SMILES string of the molecule is CC(CN)Nc1ccc(N2CCOCC2)nc1.